The largest absolute Gasteiger partial charge is 0.330 e. The van der Waals surface area contributed by atoms with Crippen LogP contribution in [0.5, 0.6) is 0 Å². The minimum absolute atomic E-state index is 0.0489. The number of amides is 1. The highest BCUT2D eigenvalue weighted by Crippen LogP contribution is 2.25. The van der Waals surface area contributed by atoms with Crippen LogP contribution in [0.4, 0.5) is 5.69 Å². The van der Waals surface area contributed by atoms with Crippen LogP contribution in [0.3, 0.4) is 0 Å². The van der Waals surface area contributed by atoms with E-state index in [1.807, 2.05) is 18.2 Å². The van der Waals surface area contributed by atoms with Gasteiger partial charge >= 0.3 is 0 Å². The number of hydrogen-bond acceptors (Lipinski definition) is 4. The van der Waals surface area contributed by atoms with Gasteiger partial charge in [-0.1, -0.05) is 35.3 Å². The van der Waals surface area contributed by atoms with Crippen molar-refractivity contribution in [1.29, 1.82) is 0 Å². The Labute approximate surface area is 180 Å². The molecule has 0 aliphatic carbocycles. The first-order valence-electron chi connectivity index (χ1n) is 9.59. The molecule has 1 aromatic heterocycles. The molecule has 2 heterocycles. The van der Waals surface area contributed by atoms with E-state index in [2.05, 4.69) is 32.8 Å². The predicted molar refractivity (Wildman–Crippen MR) is 118 cm³/mol. The third kappa shape index (κ3) is 4.73. The molecule has 3 aromatic rings. The first kappa shape index (κ1) is 20.2. The van der Waals surface area contributed by atoms with Gasteiger partial charge in [-0.15, -0.1) is 0 Å². The van der Waals surface area contributed by atoms with Crippen molar-refractivity contribution < 1.29 is 4.79 Å². The Hall–Kier alpha value is -2.12. The lowest BCUT2D eigenvalue weighted by molar-refractivity contribution is -0.117. The van der Waals surface area contributed by atoms with Crippen molar-refractivity contribution in [3.8, 4) is 0 Å². The summed E-state index contributed by atoms with van der Waals surface area (Å²) in [6.07, 6.45) is 0. The van der Waals surface area contributed by atoms with Crippen LogP contribution >= 0.6 is 23.2 Å². The van der Waals surface area contributed by atoms with E-state index in [0.717, 1.165) is 49.6 Å². The molecular weight excluding hydrogens is 409 g/mol. The van der Waals surface area contributed by atoms with E-state index >= 15 is 0 Å². The molecule has 0 unspecified atom stereocenters. The van der Waals surface area contributed by atoms with Crippen LogP contribution < -0.4 is 5.32 Å². The van der Waals surface area contributed by atoms with Gasteiger partial charge < -0.3 is 9.88 Å². The number of hydrogen-bond donors (Lipinski definition) is 1. The molecule has 8 heteroatoms. The van der Waals surface area contributed by atoms with Gasteiger partial charge in [0.05, 0.1) is 34.2 Å². The lowest BCUT2D eigenvalue weighted by Gasteiger charge is -2.34. The number of nitrogens with zero attached hydrogens (tertiary/aromatic N) is 4. The number of anilines is 1. The molecule has 0 radical (unpaired) electrons. The Balaban J connectivity index is 1.28. The van der Waals surface area contributed by atoms with Gasteiger partial charge in [0, 0.05) is 38.9 Å². The van der Waals surface area contributed by atoms with Gasteiger partial charge in [0.15, 0.2) is 0 Å². The minimum atomic E-state index is -0.0489. The van der Waals surface area contributed by atoms with Crippen LogP contribution in [0, 0.1) is 0 Å². The van der Waals surface area contributed by atoms with Gasteiger partial charge in [-0.25, -0.2) is 4.98 Å². The Morgan fingerprint density at radius 2 is 1.76 bits per heavy atom. The van der Waals surface area contributed by atoms with E-state index in [-0.39, 0.29) is 5.91 Å². The maximum absolute atomic E-state index is 12.3. The number of piperazine rings is 1. The maximum atomic E-state index is 12.3. The lowest BCUT2D eigenvalue weighted by Crippen LogP contribution is -2.48. The average molecular weight is 432 g/mol. The topological polar surface area (TPSA) is 53.4 Å². The SMILES string of the molecule is Cn1c(CN2CCN(CC(=O)Nc3ccc(Cl)c(Cl)c3)CC2)nc2ccccc21. The Kier molecular flexibility index (Phi) is 6.06. The molecule has 1 amide bonds. The van der Waals surface area contributed by atoms with E-state index in [9.17, 15) is 4.79 Å². The molecule has 6 nitrogen and oxygen atoms in total. The summed E-state index contributed by atoms with van der Waals surface area (Å²) in [6, 6.07) is 13.3. The highest BCUT2D eigenvalue weighted by Gasteiger charge is 2.20. The zero-order valence-electron chi connectivity index (χ0n) is 16.2. The molecule has 4 rings (SSSR count). The van der Waals surface area contributed by atoms with Crippen LogP contribution in [0.2, 0.25) is 10.0 Å². The van der Waals surface area contributed by atoms with Gasteiger partial charge in [-0.3, -0.25) is 14.6 Å². The number of fused-ring (bicyclic) bond motifs is 1. The first-order chi connectivity index (χ1) is 14.0. The second kappa shape index (κ2) is 8.71. The molecule has 1 aliphatic rings. The summed E-state index contributed by atoms with van der Waals surface area (Å²) < 4.78 is 2.16. The third-order valence-electron chi connectivity index (χ3n) is 5.28. The number of rotatable bonds is 5. The number of aryl methyl sites for hydroxylation is 1. The normalized spacial score (nSPS) is 15.7. The summed E-state index contributed by atoms with van der Waals surface area (Å²) in [4.78, 5) is 21.6. The van der Waals surface area contributed by atoms with E-state index < -0.39 is 0 Å². The lowest BCUT2D eigenvalue weighted by atomic mass is 10.3. The number of aromatic nitrogens is 2. The van der Waals surface area contributed by atoms with Crippen LogP contribution in [0.1, 0.15) is 5.82 Å². The zero-order chi connectivity index (χ0) is 20.4. The van der Waals surface area contributed by atoms with E-state index in [4.69, 9.17) is 28.2 Å². The summed E-state index contributed by atoms with van der Waals surface area (Å²) >= 11 is 11.9. The molecule has 2 aromatic carbocycles. The summed E-state index contributed by atoms with van der Waals surface area (Å²) in [5, 5.41) is 3.78. The number of para-hydroxylation sites is 2. The van der Waals surface area contributed by atoms with Crippen molar-refractivity contribution in [2.75, 3.05) is 38.0 Å². The molecule has 1 aliphatic heterocycles. The minimum Gasteiger partial charge on any atom is -0.330 e. The summed E-state index contributed by atoms with van der Waals surface area (Å²) in [5.41, 5.74) is 2.84. The predicted octanol–water partition coefficient (Wildman–Crippen LogP) is 3.64. The fourth-order valence-electron chi connectivity index (χ4n) is 3.62. The van der Waals surface area contributed by atoms with Crippen molar-refractivity contribution in [2.45, 2.75) is 6.54 Å². The van der Waals surface area contributed by atoms with Crippen molar-refractivity contribution in [3.05, 3.63) is 58.3 Å². The second-order valence-corrected chi connectivity index (χ2v) is 8.12. The highest BCUT2D eigenvalue weighted by atomic mass is 35.5. The number of imidazole rings is 1. The molecule has 29 heavy (non-hydrogen) atoms. The number of benzene rings is 2. The smallest absolute Gasteiger partial charge is 0.238 e. The number of halogens is 2. The van der Waals surface area contributed by atoms with Crippen LogP contribution in [0.15, 0.2) is 42.5 Å². The Bertz CT molecular complexity index is 1030. The summed E-state index contributed by atoms with van der Waals surface area (Å²) in [6.45, 7) is 4.68. The molecule has 152 valence electrons. The standard InChI is InChI=1S/C21H23Cl2N5O/c1-26-19-5-3-2-4-18(19)25-20(26)13-27-8-10-28(11-9-27)14-21(29)24-15-6-7-16(22)17(23)12-15/h2-7,12H,8-11,13-14H2,1H3,(H,24,29). The summed E-state index contributed by atoms with van der Waals surface area (Å²) in [5.74, 6) is 1.02. The van der Waals surface area contributed by atoms with Crippen molar-refractivity contribution in [2.24, 2.45) is 7.05 Å². The molecule has 1 N–H and O–H groups in total. The van der Waals surface area contributed by atoms with E-state index in [1.165, 1.54) is 0 Å². The zero-order valence-corrected chi connectivity index (χ0v) is 17.7. The monoisotopic (exact) mass is 431 g/mol. The average Bonchev–Trinajstić information content (AvgIpc) is 3.02. The fourth-order valence-corrected chi connectivity index (χ4v) is 3.92. The summed E-state index contributed by atoms with van der Waals surface area (Å²) in [7, 11) is 2.06. The van der Waals surface area contributed by atoms with E-state index in [1.54, 1.807) is 18.2 Å². The van der Waals surface area contributed by atoms with E-state index in [0.29, 0.717) is 22.3 Å². The number of nitrogens with one attached hydrogen (secondary N) is 1. The highest BCUT2D eigenvalue weighted by molar-refractivity contribution is 6.42. The van der Waals surface area contributed by atoms with Crippen molar-refractivity contribution >= 4 is 45.8 Å². The fraction of sp³-hybridized carbons (Fsp3) is 0.333. The molecule has 0 spiro atoms. The van der Waals surface area contributed by atoms with Gasteiger partial charge in [0.1, 0.15) is 5.82 Å². The molecule has 0 bridgehead atoms. The van der Waals surface area contributed by atoms with Crippen LogP contribution in [0.25, 0.3) is 11.0 Å². The van der Waals surface area contributed by atoms with Crippen molar-refractivity contribution in [3.63, 3.8) is 0 Å². The third-order valence-corrected chi connectivity index (χ3v) is 6.02. The Morgan fingerprint density at radius 1 is 1.03 bits per heavy atom. The van der Waals surface area contributed by atoms with Gasteiger partial charge in [0.2, 0.25) is 5.91 Å². The Morgan fingerprint density at radius 3 is 2.48 bits per heavy atom. The quantitative estimate of drug-likeness (QED) is 0.669. The van der Waals surface area contributed by atoms with Gasteiger partial charge in [0.25, 0.3) is 0 Å². The van der Waals surface area contributed by atoms with Crippen LogP contribution in [-0.4, -0.2) is 58.0 Å². The van der Waals surface area contributed by atoms with Crippen LogP contribution in [-0.2, 0) is 18.4 Å². The number of carbonyl (C=O) groups excluding carboxylic acids is 1. The van der Waals surface area contributed by atoms with Gasteiger partial charge in [-0.2, -0.15) is 0 Å². The first-order valence-corrected chi connectivity index (χ1v) is 10.3. The van der Waals surface area contributed by atoms with Crippen molar-refractivity contribution in [1.82, 2.24) is 19.4 Å². The van der Waals surface area contributed by atoms with Gasteiger partial charge in [-0.05, 0) is 30.3 Å². The maximum Gasteiger partial charge on any atom is 0.238 e. The molecule has 1 fully saturated rings. The molecule has 0 saturated carbocycles. The molecule has 0 atom stereocenters. The molecule has 1 saturated heterocycles. The second-order valence-electron chi connectivity index (χ2n) is 7.31. The number of carbonyl (C=O) groups is 1. The molecular formula is C21H23Cl2N5O.